The number of rotatable bonds is 9. The van der Waals surface area contributed by atoms with Crippen LogP contribution < -0.4 is 10.6 Å². The Morgan fingerprint density at radius 1 is 1.06 bits per heavy atom. The summed E-state index contributed by atoms with van der Waals surface area (Å²) in [4.78, 5) is 21.3. The highest BCUT2D eigenvalue weighted by molar-refractivity contribution is 7.92. The summed E-state index contributed by atoms with van der Waals surface area (Å²) in [6.45, 7) is 6.07. The largest absolute Gasteiger partial charge is 0.368 e. The van der Waals surface area contributed by atoms with E-state index < -0.39 is 15.1 Å². The lowest BCUT2D eigenvalue weighted by atomic mass is 10.1. The molecule has 2 N–H and O–H groups in total. The maximum absolute atomic E-state index is 12.2. The van der Waals surface area contributed by atoms with Crippen LogP contribution in [-0.2, 0) is 21.1 Å². The summed E-state index contributed by atoms with van der Waals surface area (Å²) in [5.74, 6) is 1.98. The molecule has 0 bridgehead atoms. The molecule has 0 spiro atoms. The lowest BCUT2D eigenvalue weighted by molar-refractivity contribution is -0.120. The number of nitrogens with one attached hydrogen (secondary N) is 2. The van der Waals surface area contributed by atoms with E-state index in [2.05, 4.69) is 20.6 Å². The lowest BCUT2D eigenvalue weighted by Gasteiger charge is -2.11. The van der Waals surface area contributed by atoms with E-state index in [1.54, 1.807) is 38.1 Å². The minimum absolute atomic E-state index is 0.131. The van der Waals surface area contributed by atoms with E-state index in [9.17, 15) is 13.2 Å². The van der Waals surface area contributed by atoms with Gasteiger partial charge in [0, 0.05) is 31.5 Å². The normalized spacial score (nSPS) is 11.5. The van der Waals surface area contributed by atoms with Crippen molar-refractivity contribution in [1.29, 1.82) is 0 Å². The van der Waals surface area contributed by atoms with Gasteiger partial charge in [0.2, 0.25) is 5.91 Å². The average molecular weight is 442 g/mol. The van der Waals surface area contributed by atoms with Crippen LogP contribution in [0.3, 0.4) is 0 Å². The number of hydrogen-bond donors (Lipinski definition) is 2. The van der Waals surface area contributed by atoms with Crippen LogP contribution in [0.2, 0.25) is 0 Å². The van der Waals surface area contributed by atoms with Gasteiger partial charge in [-0.1, -0.05) is 12.1 Å². The van der Waals surface area contributed by atoms with E-state index in [1.165, 1.54) is 0 Å². The van der Waals surface area contributed by atoms with Crippen molar-refractivity contribution < 1.29 is 13.2 Å². The molecule has 1 aromatic carbocycles. The number of carbonyl (C=O) groups is 1. The van der Waals surface area contributed by atoms with Crippen molar-refractivity contribution in [2.75, 3.05) is 18.4 Å². The second-order valence-corrected chi connectivity index (χ2v) is 9.94. The maximum atomic E-state index is 12.2. The maximum Gasteiger partial charge on any atom is 0.224 e. The Balaban J connectivity index is 1.48. The van der Waals surface area contributed by atoms with Crippen LogP contribution in [0, 0.1) is 6.92 Å². The Morgan fingerprint density at radius 3 is 2.39 bits per heavy atom. The van der Waals surface area contributed by atoms with E-state index in [-0.39, 0.29) is 17.2 Å². The van der Waals surface area contributed by atoms with Gasteiger partial charge in [0.15, 0.2) is 9.84 Å². The van der Waals surface area contributed by atoms with Gasteiger partial charge in [0.05, 0.1) is 16.6 Å². The SMILES string of the molecule is Cc1nc(NCCNC(=O)Cc2ccc(S(=O)(=O)C(C)C)cc2)cc(-n2cccc2)n1. The van der Waals surface area contributed by atoms with Crippen LogP contribution in [-0.4, -0.2) is 47.2 Å². The first-order valence-corrected chi connectivity index (χ1v) is 11.6. The number of sulfone groups is 1. The number of carbonyl (C=O) groups excluding carboxylic acids is 1. The number of anilines is 1. The second kappa shape index (κ2) is 9.74. The second-order valence-electron chi connectivity index (χ2n) is 7.44. The third-order valence-electron chi connectivity index (χ3n) is 4.68. The molecular formula is C22H27N5O3S. The molecule has 0 aliphatic carbocycles. The van der Waals surface area contributed by atoms with Gasteiger partial charge in [-0.2, -0.15) is 0 Å². The van der Waals surface area contributed by atoms with E-state index in [4.69, 9.17) is 0 Å². The molecule has 0 aliphatic heterocycles. The quantitative estimate of drug-likeness (QED) is 0.494. The van der Waals surface area contributed by atoms with E-state index in [0.29, 0.717) is 24.7 Å². The third-order valence-corrected chi connectivity index (χ3v) is 6.85. The first-order chi connectivity index (χ1) is 14.8. The molecule has 1 amide bonds. The van der Waals surface area contributed by atoms with Crippen LogP contribution in [0.5, 0.6) is 0 Å². The first-order valence-electron chi connectivity index (χ1n) is 10.1. The molecule has 0 saturated carbocycles. The summed E-state index contributed by atoms with van der Waals surface area (Å²) >= 11 is 0. The highest BCUT2D eigenvalue weighted by Crippen LogP contribution is 2.16. The van der Waals surface area contributed by atoms with Gasteiger partial charge < -0.3 is 15.2 Å². The Morgan fingerprint density at radius 2 is 1.74 bits per heavy atom. The minimum atomic E-state index is -3.31. The fourth-order valence-corrected chi connectivity index (χ4v) is 4.03. The van der Waals surface area contributed by atoms with Crippen molar-refractivity contribution in [2.24, 2.45) is 0 Å². The number of hydrogen-bond acceptors (Lipinski definition) is 6. The van der Waals surface area contributed by atoms with Crippen molar-refractivity contribution in [3.63, 3.8) is 0 Å². The molecule has 0 atom stereocenters. The fraction of sp³-hybridized carbons (Fsp3) is 0.318. The van der Waals surface area contributed by atoms with Gasteiger partial charge >= 0.3 is 0 Å². The Labute approximate surface area is 182 Å². The topological polar surface area (TPSA) is 106 Å². The fourth-order valence-electron chi connectivity index (χ4n) is 2.97. The molecule has 9 heteroatoms. The molecular weight excluding hydrogens is 414 g/mol. The summed E-state index contributed by atoms with van der Waals surface area (Å²) in [6, 6.07) is 12.2. The molecule has 0 fully saturated rings. The van der Waals surface area contributed by atoms with Crippen molar-refractivity contribution in [3.8, 4) is 5.82 Å². The smallest absolute Gasteiger partial charge is 0.224 e. The molecule has 2 heterocycles. The van der Waals surface area contributed by atoms with Crippen LogP contribution in [0.1, 0.15) is 25.2 Å². The van der Waals surface area contributed by atoms with Gasteiger partial charge in [0.1, 0.15) is 17.5 Å². The molecule has 2 aromatic heterocycles. The van der Waals surface area contributed by atoms with Gasteiger partial charge in [0.25, 0.3) is 0 Å². The molecule has 0 aliphatic rings. The average Bonchev–Trinajstić information content (AvgIpc) is 3.26. The minimum Gasteiger partial charge on any atom is -0.368 e. The number of aryl methyl sites for hydroxylation is 1. The van der Waals surface area contributed by atoms with Crippen molar-refractivity contribution in [2.45, 2.75) is 37.3 Å². The predicted molar refractivity (Wildman–Crippen MR) is 120 cm³/mol. The monoisotopic (exact) mass is 441 g/mol. The lowest BCUT2D eigenvalue weighted by Crippen LogP contribution is -2.30. The predicted octanol–water partition coefficient (Wildman–Crippen LogP) is 2.53. The van der Waals surface area contributed by atoms with E-state index >= 15 is 0 Å². The Bertz CT molecular complexity index is 1120. The summed E-state index contributed by atoms with van der Waals surface area (Å²) in [7, 11) is -3.31. The zero-order chi connectivity index (χ0) is 22.4. The van der Waals surface area contributed by atoms with Crippen molar-refractivity contribution in [3.05, 3.63) is 66.2 Å². The Kier molecular flexibility index (Phi) is 7.06. The third kappa shape index (κ3) is 5.91. The molecule has 164 valence electrons. The van der Waals surface area contributed by atoms with Crippen LogP contribution in [0.25, 0.3) is 5.82 Å². The highest BCUT2D eigenvalue weighted by atomic mass is 32.2. The van der Waals surface area contributed by atoms with Gasteiger partial charge in [-0.05, 0) is 50.6 Å². The molecule has 3 aromatic rings. The summed E-state index contributed by atoms with van der Waals surface area (Å²) < 4.78 is 26.2. The first kappa shape index (κ1) is 22.5. The van der Waals surface area contributed by atoms with Crippen molar-refractivity contribution >= 4 is 21.6 Å². The summed E-state index contributed by atoms with van der Waals surface area (Å²) in [6.07, 6.45) is 4.01. The molecule has 0 radical (unpaired) electrons. The van der Waals surface area contributed by atoms with Crippen LogP contribution >= 0.6 is 0 Å². The van der Waals surface area contributed by atoms with Gasteiger partial charge in [-0.3, -0.25) is 4.79 Å². The highest BCUT2D eigenvalue weighted by Gasteiger charge is 2.18. The summed E-state index contributed by atoms with van der Waals surface area (Å²) in [5, 5.41) is 5.57. The number of amides is 1. The molecule has 8 nitrogen and oxygen atoms in total. The number of benzene rings is 1. The number of nitrogens with zero attached hydrogens (tertiary/aromatic N) is 3. The molecule has 31 heavy (non-hydrogen) atoms. The molecule has 0 unspecified atom stereocenters. The van der Waals surface area contributed by atoms with E-state index in [1.807, 2.05) is 42.1 Å². The Hall–Kier alpha value is -3.20. The standard InChI is InChI=1S/C22H27N5O3S/c1-16(2)31(29,30)19-8-6-18(7-9-19)14-22(28)24-11-10-23-20-15-21(26-17(3)25-20)27-12-4-5-13-27/h4-9,12-13,15-16H,10-11,14H2,1-3H3,(H,24,28)(H,23,25,26). The van der Waals surface area contributed by atoms with Gasteiger partial charge in [-0.25, -0.2) is 18.4 Å². The number of aromatic nitrogens is 3. The zero-order valence-corrected chi connectivity index (χ0v) is 18.7. The molecule has 3 rings (SSSR count). The van der Waals surface area contributed by atoms with Crippen LogP contribution in [0.15, 0.2) is 59.8 Å². The zero-order valence-electron chi connectivity index (χ0n) is 17.9. The molecule has 0 saturated heterocycles. The van der Waals surface area contributed by atoms with Crippen molar-refractivity contribution in [1.82, 2.24) is 19.9 Å². The van der Waals surface area contributed by atoms with Crippen LogP contribution in [0.4, 0.5) is 5.82 Å². The summed E-state index contributed by atoms with van der Waals surface area (Å²) in [5.41, 5.74) is 0.760. The van der Waals surface area contributed by atoms with Gasteiger partial charge in [-0.15, -0.1) is 0 Å². The van der Waals surface area contributed by atoms with E-state index in [0.717, 1.165) is 11.4 Å².